The summed E-state index contributed by atoms with van der Waals surface area (Å²) in [7, 11) is 0. The van der Waals surface area contributed by atoms with Crippen molar-refractivity contribution in [2.24, 2.45) is 0 Å². The number of carbonyl (C=O) groups excluding carboxylic acids is 1. The highest BCUT2D eigenvalue weighted by Gasteiger charge is 2.14. The predicted molar refractivity (Wildman–Crippen MR) is 80.5 cm³/mol. The third-order valence-corrected chi connectivity index (χ3v) is 3.56. The number of ketones is 1. The van der Waals surface area contributed by atoms with Gasteiger partial charge in [-0.05, 0) is 36.2 Å². The zero-order chi connectivity index (χ0) is 14.1. The summed E-state index contributed by atoms with van der Waals surface area (Å²) >= 11 is 5.93. The van der Waals surface area contributed by atoms with E-state index in [1.54, 1.807) is 24.3 Å². The lowest BCUT2D eigenvalue weighted by Crippen LogP contribution is -1.99. The van der Waals surface area contributed by atoms with Crippen LogP contribution in [0, 0.1) is 0 Å². The van der Waals surface area contributed by atoms with Crippen LogP contribution in [0.2, 0.25) is 5.02 Å². The molecule has 0 aliphatic heterocycles. The van der Waals surface area contributed by atoms with Crippen molar-refractivity contribution >= 4 is 28.4 Å². The molecule has 3 aromatic rings. The zero-order valence-electron chi connectivity index (χ0n) is 11.0. The molecule has 0 saturated heterocycles. The molecule has 3 heteroatoms. The van der Waals surface area contributed by atoms with E-state index in [2.05, 4.69) is 6.92 Å². The zero-order valence-corrected chi connectivity index (χ0v) is 11.8. The summed E-state index contributed by atoms with van der Waals surface area (Å²) in [6.07, 6.45) is 0.956. The minimum Gasteiger partial charge on any atom is -0.453 e. The summed E-state index contributed by atoms with van der Waals surface area (Å²) in [5.41, 5.74) is 2.51. The SMILES string of the molecule is CCc1ccc(C(=O)c2cc3cc(Cl)ccc3o2)cc1. The molecule has 0 aliphatic rings. The molecule has 0 aliphatic carbocycles. The van der Waals surface area contributed by atoms with Crippen LogP contribution in [0.3, 0.4) is 0 Å². The van der Waals surface area contributed by atoms with Gasteiger partial charge in [-0.15, -0.1) is 0 Å². The number of rotatable bonds is 3. The molecule has 1 aromatic heterocycles. The number of benzene rings is 2. The van der Waals surface area contributed by atoms with Gasteiger partial charge in [0.25, 0.3) is 0 Å². The maximum atomic E-state index is 12.4. The quantitative estimate of drug-likeness (QED) is 0.642. The standard InChI is InChI=1S/C17H13ClO2/c1-2-11-3-5-12(6-4-11)17(19)16-10-13-9-14(18)7-8-15(13)20-16/h3-10H,2H2,1H3. The van der Waals surface area contributed by atoms with Crippen LogP contribution in [-0.4, -0.2) is 5.78 Å². The monoisotopic (exact) mass is 284 g/mol. The molecular formula is C17H13ClO2. The third-order valence-electron chi connectivity index (χ3n) is 3.33. The highest BCUT2D eigenvalue weighted by Crippen LogP contribution is 2.24. The molecule has 100 valence electrons. The van der Waals surface area contributed by atoms with E-state index < -0.39 is 0 Å². The summed E-state index contributed by atoms with van der Waals surface area (Å²) in [6.45, 7) is 2.08. The largest absolute Gasteiger partial charge is 0.453 e. The molecule has 3 rings (SSSR count). The van der Waals surface area contributed by atoms with Crippen LogP contribution in [-0.2, 0) is 6.42 Å². The number of hydrogen-bond donors (Lipinski definition) is 0. The van der Waals surface area contributed by atoms with Gasteiger partial charge in [-0.2, -0.15) is 0 Å². The third kappa shape index (κ3) is 2.35. The first-order chi connectivity index (χ1) is 9.67. The summed E-state index contributed by atoms with van der Waals surface area (Å²) < 4.78 is 5.59. The lowest BCUT2D eigenvalue weighted by molar-refractivity contribution is 0.101. The molecule has 2 aromatic carbocycles. The summed E-state index contributed by atoms with van der Waals surface area (Å²) in [5.74, 6) is 0.228. The number of halogens is 1. The Balaban J connectivity index is 1.98. The molecule has 0 saturated carbocycles. The van der Waals surface area contributed by atoms with Gasteiger partial charge in [0.2, 0.25) is 5.78 Å². The molecule has 0 N–H and O–H groups in total. The van der Waals surface area contributed by atoms with Crippen LogP contribution in [0.15, 0.2) is 52.9 Å². The molecule has 0 amide bonds. The van der Waals surface area contributed by atoms with E-state index in [0.717, 1.165) is 11.8 Å². The first-order valence-electron chi connectivity index (χ1n) is 6.50. The van der Waals surface area contributed by atoms with E-state index in [1.807, 2.05) is 24.3 Å². The van der Waals surface area contributed by atoms with Gasteiger partial charge in [-0.25, -0.2) is 0 Å². The van der Waals surface area contributed by atoms with E-state index in [-0.39, 0.29) is 5.78 Å². The van der Waals surface area contributed by atoms with Gasteiger partial charge in [-0.3, -0.25) is 4.79 Å². The summed E-state index contributed by atoms with van der Waals surface area (Å²) in [5, 5.41) is 1.47. The minimum absolute atomic E-state index is 0.111. The molecule has 0 unspecified atom stereocenters. The Hall–Kier alpha value is -2.06. The number of carbonyl (C=O) groups is 1. The van der Waals surface area contributed by atoms with Crippen molar-refractivity contribution < 1.29 is 9.21 Å². The molecule has 1 heterocycles. The lowest BCUT2D eigenvalue weighted by Gasteiger charge is -1.99. The Labute approximate surface area is 122 Å². The van der Waals surface area contributed by atoms with E-state index in [0.29, 0.717) is 21.9 Å². The number of furan rings is 1. The molecule has 0 spiro atoms. The number of aryl methyl sites for hydroxylation is 1. The first kappa shape index (κ1) is 12.9. The van der Waals surface area contributed by atoms with E-state index in [9.17, 15) is 4.79 Å². The second kappa shape index (κ2) is 5.14. The van der Waals surface area contributed by atoms with Gasteiger partial charge in [0.1, 0.15) is 5.58 Å². The van der Waals surface area contributed by atoms with Crippen molar-refractivity contribution in [3.63, 3.8) is 0 Å². The predicted octanol–water partition coefficient (Wildman–Crippen LogP) is 4.88. The van der Waals surface area contributed by atoms with Gasteiger partial charge >= 0.3 is 0 Å². The van der Waals surface area contributed by atoms with Crippen LogP contribution in [0.1, 0.15) is 28.6 Å². The highest BCUT2D eigenvalue weighted by atomic mass is 35.5. The van der Waals surface area contributed by atoms with Gasteiger partial charge < -0.3 is 4.42 Å². The first-order valence-corrected chi connectivity index (χ1v) is 6.88. The van der Waals surface area contributed by atoms with Crippen molar-refractivity contribution in [2.45, 2.75) is 13.3 Å². The average molecular weight is 285 g/mol. The van der Waals surface area contributed by atoms with Crippen LogP contribution in [0.4, 0.5) is 0 Å². The van der Waals surface area contributed by atoms with Gasteiger partial charge in [-0.1, -0.05) is 42.8 Å². The molecular weight excluding hydrogens is 272 g/mol. The van der Waals surface area contributed by atoms with Gasteiger partial charge in [0.05, 0.1) is 0 Å². The van der Waals surface area contributed by atoms with Crippen molar-refractivity contribution in [3.8, 4) is 0 Å². The maximum Gasteiger partial charge on any atom is 0.228 e. The van der Waals surface area contributed by atoms with Crippen molar-refractivity contribution in [2.75, 3.05) is 0 Å². The number of hydrogen-bond acceptors (Lipinski definition) is 2. The Bertz CT molecular complexity index is 769. The van der Waals surface area contributed by atoms with Crippen LogP contribution >= 0.6 is 11.6 Å². The smallest absolute Gasteiger partial charge is 0.228 e. The Morgan fingerprint density at radius 3 is 2.55 bits per heavy atom. The molecule has 0 radical (unpaired) electrons. The van der Waals surface area contributed by atoms with Crippen LogP contribution in [0.5, 0.6) is 0 Å². The van der Waals surface area contributed by atoms with Crippen molar-refractivity contribution in [1.82, 2.24) is 0 Å². The fraction of sp³-hybridized carbons (Fsp3) is 0.118. The average Bonchev–Trinajstić information content (AvgIpc) is 2.89. The normalized spacial score (nSPS) is 10.9. The summed E-state index contributed by atoms with van der Waals surface area (Å²) in [4.78, 5) is 12.4. The summed E-state index contributed by atoms with van der Waals surface area (Å²) in [6, 6.07) is 14.6. The van der Waals surface area contributed by atoms with E-state index in [1.165, 1.54) is 5.56 Å². The fourth-order valence-corrected chi connectivity index (χ4v) is 2.34. The van der Waals surface area contributed by atoms with E-state index in [4.69, 9.17) is 16.0 Å². The Kier molecular flexibility index (Phi) is 3.33. The maximum absolute atomic E-state index is 12.4. The fourth-order valence-electron chi connectivity index (χ4n) is 2.16. The Morgan fingerprint density at radius 1 is 1.10 bits per heavy atom. The minimum atomic E-state index is -0.111. The molecule has 0 bridgehead atoms. The highest BCUT2D eigenvalue weighted by molar-refractivity contribution is 6.31. The topological polar surface area (TPSA) is 30.2 Å². The number of fused-ring (bicyclic) bond motifs is 1. The second-order valence-corrected chi connectivity index (χ2v) is 5.11. The van der Waals surface area contributed by atoms with Crippen molar-refractivity contribution in [3.05, 3.63) is 70.4 Å². The molecule has 20 heavy (non-hydrogen) atoms. The van der Waals surface area contributed by atoms with Crippen LogP contribution < -0.4 is 0 Å². The van der Waals surface area contributed by atoms with Crippen molar-refractivity contribution in [1.29, 1.82) is 0 Å². The lowest BCUT2D eigenvalue weighted by atomic mass is 10.1. The Morgan fingerprint density at radius 2 is 1.85 bits per heavy atom. The molecule has 2 nitrogen and oxygen atoms in total. The molecule has 0 atom stereocenters. The second-order valence-electron chi connectivity index (χ2n) is 4.67. The van der Waals surface area contributed by atoms with E-state index >= 15 is 0 Å². The van der Waals surface area contributed by atoms with Gasteiger partial charge in [0.15, 0.2) is 5.76 Å². The van der Waals surface area contributed by atoms with Crippen LogP contribution in [0.25, 0.3) is 11.0 Å². The van der Waals surface area contributed by atoms with Gasteiger partial charge in [0, 0.05) is 16.0 Å². The molecule has 0 fully saturated rings.